The predicted octanol–water partition coefficient (Wildman–Crippen LogP) is 5.41. The Morgan fingerprint density at radius 3 is 2.72 bits per heavy atom. The Morgan fingerprint density at radius 1 is 1.34 bits per heavy atom. The van der Waals surface area contributed by atoms with Gasteiger partial charge in [0.1, 0.15) is 17.8 Å². The number of carboxylic acids is 1. The average Bonchev–Trinajstić information content (AvgIpc) is 3.41. The van der Waals surface area contributed by atoms with E-state index in [1.807, 2.05) is 18.7 Å². The second-order valence-electron chi connectivity index (χ2n) is 7.60. The first kappa shape index (κ1) is 23.4. The molecule has 0 bridgehead atoms. The molecule has 7 nitrogen and oxygen atoms in total. The van der Waals surface area contributed by atoms with Crippen molar-refractivity contribution < 1.29 is 27.5 Å². The number of aromatic nitrogens is 3. The van der Waals surface area contributed by atoms with Gasteiger partial charge in [-0.2, -0.15) is 18.3 Å². The molecule has 0 aliphatic rings. The second kappa shape index (κ2) is 9.88. The van der Waals surface area contributed by atoms with Gasteiger partial charge in [-0.25, -0.2) is 9.78 Å². The normalized spacial score (nSPS) is 12.7. The van der Waals surface area contributed by atoms with Gasteiger partial charge in [-0.15, -0.1) is 0 Å². The number of H-pyrrole nitrogens is 1. The number of nitrogens with one attached hydrogen (secondary N) is 1. The molecule has 172 valence electrons. The molecule has 2 N–H and O–H groups in total. The Morgan fingerprint density at radius 2 is 2.12 bits per heavy atom. The minimum atomic E-state index is -4.41. The van der Waals surface area contributed by atoms with Crippen molar-refractivity contribution >= 4 is 11.8 Å². The molecule has 3 aromatic rings. The Labute approximate surface area is 183 Å². The zero-order chi connectivity index (χ0) is 23.3. The van der Waals surface area contributed by atoms with Crippen LogP contribution in [0.25, 0.3) is 11.5 Å². The quantitative estimate of drug-likeness (QED) is 0.429. The molecule has 0 saturated carbocycles. The van der Waals surface area contributed by atoms with Gasteiger partial charge in [0.15, 0.2) is 5.76 Å². The molecule has 0 fully saturated rings. The van der Waals surface area contributed by atoms with Crippen molar-refractivity contribution in [3.8, 4) is 11.5 Å². The summed E-state index contributed by atoms with van der Waals surface area (Å²) in [6.45, 7) is 4.72. The molecular formula is C22H25F3N4O3. The molecule has 0 aliphatic heterocycles. The van der Waals surface area contributed by atoms with Gasteiger partial charge in [0, 0.05) is 36.6 Å². The van der Waals surface area contributed by atoms with Crippen molar-refractivity contribution in [3.63, 3.8) is 0 Å². The fourth-order valence-corrected chi connectivity index (χ4v) is 3.56. The van der Waals surface area contributed by atoms with Crippen molar-refractivity contribution in [3.05, 3.63) is 53.5 Å². The van der Waals surface area contributed by atoms with E-state index in [1.54, 1.807) is 6.20 Å². The molecule has 10 heteroatoms. The first-order chi connectivity index (χ1) is 15.2. The van der Waals surface area contributed by atoms with E-state index in [4.69, 9.17) is 9.52 Å². The molecule has 1 atom stereocenters. The largest absolute Gasteiger partial charge is 0.478 e. The number of anilines is 1. The standard InChI is InChI=1S/C22H25F3N4O3/c1-3-9-29(19-8-7-17(12-26-19)22(23,24)25)14(2)5-4-6-15-11-27-28-20(15)18-10-16(13-32-18)21(30)31/h7-8,10-14H,3-6,9H2,1-2H3,(H,27,28)(H,30,31)/t14-/m1/s1. The van der Waals surface area contributed by atoms with E-state index < -0.39 is 17.7 Å². The van der Waals surface area contributed by atoms with Crippen LogP contribution in [-0.4, -0.2) is 38.8 Å². The number of carboxylic acid groups (broad SMARTS) is 1. The molecule has 0 saturated heterocycles. The molecule has 0 unspecified atom stereocenters. The lowest BCUT2D eigenvalue weighted by Crippen LogP contribution is -2.34. The van der Waals surface area contributed by atoms with Crippen molar-refractivity contribution in [2.75, 3.05) is 11.4 Å². The second-order valence-corrected chi connectivity index (χ2v) is 7.60. The number of aryl methyl sites for hydroxylation is 1. The number of alkyl halides is 3. The molecule has 3 aromatic heterocycles. The van der Waals surface area contributed by atoms with Crippen molar-refractivity contribution in [1.82, 2.24) is 15.2 Å². The van der Waals surface area contributed by atoms with Crippen molar-refractivity contribution in [2.24, 2.45) is 0 Å². The van der Waals surface area contributed by atoms with Crippen molar-refractivity contribution in [1.29, 1.82) is 0 Å². The lowest BCUT2D eigenvalue weighted by atomic mass is 10.0. The maximum atomic E-state index is 12.8. The first-order valence-electron chi connectivity index (χ1n) is 10.4. The molecule has 3 heterocycles. The van der Waals surface area contributed by atoms with Crippen LogP contribution in [0.2, 0.25) is 0 Å². The third-order valence-corrected chi connectivity index (χ3v) is 5.23. The summed E-state index contributed by atoms with van der Waals surface area (Å²) in [5.41, 5.74) is 0.766. The molecule has 0 aromatic carbocycles. The van der Waals surface area contributed by atoms with Crippen LogP contribution in [0.15, 0.2) is 41.3 Å². The number of rotatable bonds is 10. The maximum Gasteiger partial charge on any atom is 0.417 e. The fraction of sp³-hybridized carbons (Fsp3) is 0.409. The summed E-state index contributed by atoms with van der Waals surface area (Å²) in [6, 6.07) is 3.98. The highest BCUT2D eigenvalue weighted by Gasteiger charge is 2.31. The van der Waals surface area contributed by atoms with Gasteiger partial charge in [-0.05, 0) is 44.7 Å². The van der Waals surface area contributed by atoms with E-state index in [0.717, 1.165) is 37.1 Å². The van der Waals surface area contributed by atoms with Crippen LogP contribution in [0.5, 0.6) is 0 Å². The molecular weight excluding hydrogens is 425 g/mol. The zero-order valence-corrected chi connectivity index (χ0v) is 17.8. The topological polar surface area (TPSA) is 95.2 Å². The number of aromatic carboxylic acids is 1. The van der Waals surface area contributed by atoms with Gasteiger partial charge in [0.2, 0.25) is 0 Å². The number of hydrogen-bond acceptors (Lipinski definition) is 5. The summed E-state index contributed by atoms with van der Waals surface area (Å²) in [5.74, 6) is -0.166. The SMILES string of the molecule is CCCN(c1ccc(C(F)(F)F)cn1)[C@H](C)CCCc1c[nH]nc1-c1cc(C(=O)O)co1. The minimum absolute atomic E-state index is 0.0572. The Bertz CT molecular complexity index is 1030. The van der Waals surface area contributed by atoms with E-state index in [-0.39, 0.29) is 11.6 Å². The van der Waals surface area contributed by atoms with E-state index >= 15 is 0 Å². The Kier molecular flexibility index (Phi) is 7.22. The summed E-state index contributed by atoms with van der Waals surface area (Å²) in [5, 5.41) is 16.0. The van der Waals surface area contributed by atoms with E-state index in [2.05, 4.69) is 15.2 Å². The number of hydrogen-bond donors (Lipinski definition) is 2. The van der Waals surface area contributed by atoms with Crippen LogP contribution in [0.1, 0.15) is 54.6 Å². The van der Waals surface area contributed by atoms with Gasteiger partial charge in [0.05, 0.1) is 11.1 Å². The third kappa shape index (κ3) is 5.49. The third-order valence-electron chi connectivity index (χ3n) is 5.23. The summed E-state index contributed by atoms with van der Waals surface area (Å²) in [6.07, 6.45) is 2.49. The average molecular weight is 450 g/mol. The number of carbonyl (C=O) groups is 1. The van der Waals surface area contributed by atoms with Gasteiger partial charge < -0.3 is 14.4 Å². The van der Waals surface area contributed by atoms with E-state index in [0.29, 0.717) is 30.2 Å². The lowest BCUT2D eigenvalue weighted by molar-refractivity contribution is -0.137. The molecule has 0 spiro atoms. The maximum absolute atomic E-state index is 12.8. The highest BCUT2D eigenvalue weighted by Crippen LogP contribution is 2.30. The zero-order valence-electron chi connectivity index (χ0n) is 17.8. The van der Waals surface area contributed by atoms with Gasteiger partial charge in [-0.3, -0.25) is 5.10 Å². The summed E-state index contributed by atoms with van der Waals surface area (Å²) in [7, 11) is 0. The molecule has 0 radical (unpaired) electrons. The predicted molar refractivity (Wildman–Crippen MR) is 113 cm³/mol. The smallest absolute Gasteiger partial charge is 0.417 e. The van der Waals surface area contributed by atoms with Crippen LogP contribution < -0.4 is 4.90 Å². The van der Waals surface area contributed by atoms with Crippen LogP contribution in [0.3, 0.4) is 0 Å². The Balaban J connectivity index is 1.63. The molecule has 0 amide bonds. The fourth-order valence-electron chi connectivity index (χ4n) is 3.56. The van der Waals surface area contributed by atoms with Gasteiger partial charge in [0.25, 0.3) is 0 Å². The first-order valence-corrected chi connectivity index (χ1v) is 10.4. The summed E-state index contributed by atoms with van der Waals surface area (Å²) < 4.78 is 43.8. The molecule has 3 rings (SSSR count). The van der Waals surface area contributed by atoms with Gasteiger partial charge in [-0.1, -0.05) is 6.92 Å². The van der Waals surface area contributed by atoms with Crippen LogP contribution in [0.4, 0.5) is 19.0 Å². The molecule has 32 heavy (non-hydrogen) atoms. The monoisotopic (exact) mass is 450 g/mol. The van der Waals surface area contributed by atoms with Crippen LogP contribution in [0, 0.1) is 0 Å². The molecule has 0 aliphatic carbocycles. The Hall–Kier alpha value is -3.30. The van der Waals surface area contributed by atoms with Crippen molar-refractivity contribution in [2.45, 2.75) is 51.7 Å². The van der Waals surface area contributed by atoms with Crippen LogP contribution in [-0.2, 0) is 12.6 Å². The summed E-state index contributed by atoms with van der Waals surface area (Å²) in [4.78, 5) is 17.1. The summed E-state index contributed by atoms with van der Waals surface area (Å²) >= 11 is 0. The number of aromatic amines is 1. The van der Waals surface area contributed by atoms with Gasteiger partial charge >= 0.3 is 12.1 Å². The van der Waals surface area contributed by atoms with Crippen LogP contribution >= 0.6 is 0 Å². The number of nitrogens with zero attached hydrogens (tertiary/aromatic N) is 3. The van der Waals surface area contributed by atoms with E-state index in [9.17, 15) is 18.0 Å². The lowest BCUT2D eigenvalue weighted by Gasteiger charge is -2.30. The highest BCUT2D eigenvalue weighted by atomic mass is 19.4. The number of furan rings is 1. The number of pyridine rings is 1. The minimum Gasteiger partial charge on any atom is -0.478 e. The number of halogens is 3. The highest BCUT2D eigenvalue weighted by molar-refractivity contribution is 5.88. The van der Waals surface area contributed by atoms with E-state index in [1.165, 1.54) is 18.4 Å².